The van der Waals surface area contributed by atoms with E-state index in [1.54, 1.807) is 0 Å². The highest BCUT2D eigenvalue weighted by Gasteiger charge is 2.47. The summed E-state index contributed by atoms with van der Waals surface area (Å²) >= 11 is 0. The van der Waals surface area contributed by atoms with Crippen LogP contribution in [0.3, 0.4) is 0 Å². The summed E-state index contributed by atoms with van der Waals surface area (Å²) < 4.78 is 11.0. The van der Waals surface area contributed by atoms with Crippen LogP contribution in [0, 0.1) is 0 Å². The van der Waals surface area contributed by atoms with Crippen LogP contribution in [0.2, 0.25) is 0 Å². The number of hydrogen-bond donors (Lipinski definition) is 4. The Balaban J connectivity index is 0.939. The molecule has 4 aromatic rings. The van der Waals surface area contributed by atoms with Crippen molar-refractivity contribution in [1.82, 2.24) is 5.32 Å². The number of ether oxygens (including phenoxy) is 2. The molecule has 1 aliphatic heterocycles. The summed E-state index contributed by atoms with van der Waals surface area (Å²) in [4.78, 5) is 25.6. The second kappa shape index (κ2) is 21.0. The van der Waals surface area contributed by atoms with E-state index in [1.807, 2.05) is 0 Å². The van der Waals surface area contributed by atoms with Crippen molar-refractivity contribution in [2.45, 2.75) is 133 Å². The number of carbonyl (C=O) groups is 2. The van der Waals surface area contributed by atoms with Crippen molar-refractivity contribution < 1.29 is 34.4 Å². The van der Waals surface area contributed by atoms with E-state index in [4.69, 9.17) is 9.47 Å². The van der Waals surface area contributed by atoms with Gasteiger partial charge in [-0.25, -0.2) is 0 Å². The zero-order chi connectivity index (χ0) is 36.5. The maximum atomic E-state index is 12.8. The van der Waals surface area contributed by atoms with Crippen molar-refractivity contribution in [2.75, 3.05) is 6.61 Å². The minimum Gasteiger partial charge on any atom is -0.457 e. The third kappa shape index (κ3) is 12.1. The summed E-state index contributed by atoms with van der Waals surface area (Å²) in [6.45, 7) is -0.559. The minimum absolute atomic E-state index is 0.171. The van der Waals surface area contributed by atoms with Gasteiger partial charge >= 0.3 is 5.97 Å². The Bertz CT molecular complexity index is 1690. The van der Waals surface area contributed by atoms with Gasteiger partial charge in [0.1, 0.15) is 18.2 Å². The lowest BCUT2D eigenvalue weighted by atomic mass is 9.96. The molecule has 0 aromatic heterocycles. The smallest absolute Gasteiger partial charge is 0.306 e. The molecule has 0 bridgehead atoms. The van der Waals surface area contributed by atoms with Crippen molar-refractivity contribution in [1.29, 1.82) is 0 Å². The monoisotopic (exact) mass is 711 g/mol. The van der Waals surface area contributed by atoms with Gasteiger partial charge in [0.2, 0.25) is 5.91 Å². The van der Waals surface area contributed by atoms with Gasteiger partial charge in [-0.3, -0.25) is 9.59 Å². The second-order valence-corrected chi connectivity index (χ2v) is 14.4. The Morgan fingerprint density at radius 2 is 1.10 bits per heavy atom. The number of esters is 1. The molecule has 1 amide bonds. The first kappa shape index (κ1) is 39.4. The molecule has 1 fully saturated rings. The van der Waals surface area contributed by atoms with Crippen LogP contribution in [0.5, 0.6) is 0 Å². The van der Waals surface area contributed by atoms with Crippen LogP contribution in [0.4, 0.5) is 0 Å². The highest BCUT2D eigenvalue weighted by atomic mass is 16.6. The molecule has 52 heavy (non-hydrogen) atoms. The van der Waals surface area contributed by atoms with Gasteiger partial charge in [-0.1, -0.05) is 136 Å². The molecule has 0 spiro atoms. The lowest BCUT2D eigenvalue weighted by molar-refractivity contribution is -0.258. The maximum absolute atomic E-state index is 12.8. The largest absolute Gasteiger partial charge is 0.457 e. The lowest BCUT2D eigenvalue weighted by Gasteiger charge is -2.42. The quantitative estimate of drug-likeness (QED) is 0.0516. The average Bonchev–Trinajstić information content (AvgIpc) is 3.16. The molecule has 0 unspecified atom stereocenters. The Hall–Kier alpha value is -3.82. The third-order valence-electron chi connectivity index (χ3n) is 10.3. The Morgan fingerprint density at radius 3 is 1.63 bits per heavy atom. The highest BCUT2D eigenvalue weighted by Crippen LogP contribution is 2.24. The van der Waals surface area contributed by atoms with Gasteiger partial charge in [-0.05, 0) is 71.2 Å². The number of nitrogens with one attached hydrogen (secondary N) is 1. The van der Waals surface area contributed by atoms with Gasteiger partial charge in [-0.2, -0.15) is 0 Å². The van der Waals surface area contributed by atoms with E-state index in [1.165, 1.54) is 32.7 Å². The van der Waals surface area contributed by atoms with Crippen LogP contribution in [0.15, 0.2) is 84.9 Å². The van der Waals surface area contributed by atoms with Gasteiger partial charge in [0.25, 0.3) is 0 Å². The number of unbranched alkanes of at least 4 members (excludes halogenated alkanes) is 10. The lowest BCUT2D eigenvalue weighted by Crippen LogP contribution is -2.65. The fraction of sp³-hybridized carbons (Fsp3) is 0.500. The fourth-order valence-electron chi connectivity index (χ4n) is 7.26. The number of aliphatic hydroxyl groups excluding tert-OH is 3. The maximum Gasteiger partial charge on any atom is 0.306 e. The average molecular weight is 712 g/mol. The van der Waals surface area contributed by atoms with Crippen LogP contribution >= 0.6 is 0 Å². The molecular formula is C44H57NO7. The van der Waals surface area contributed by atoms with Crippen LogP contribution in [0.1, 0.15) is 101 Å². The highest BCUT2D eigenvalue weighted by molar-refractivity contribution is 5.83. The molecule has 8 heteroatoms. The van der Waals surface area contributed by atoms with Crippen molar-refractivity contribution in [3.8, 4) is 0 Å². The number of aliphatic hydroxyl groups is 3. The number of aryl methyl sites for hydroxylation is 2. The predicted octanol–water partition coefficient (Wildman–Crippen LogP) is 7.71. The van der Waals surface area contributed by atoms with Crippen molar-refractivity contribution >= 4 is 33.4 Å². The van der Waals surface area contributed by atoms with Gasteiger partial charge in [0, 0.05) is 12.8 Å². The molecule has 0 aliphatic carbocycles. The summed E-state index contributed by atoms with van der Waals surface area (Å²) in [5, 5.41) is 38.9. The summed E-state index contributed by atoms with van der Waals surface area (Å²) in [5.41, 5.74) is 2.72. The van der Waals surface area contributed by atoms with E-state index in [2.05, 4.69) is 90.2 Å². The van der Waals surface area contributed by atoms with E-state index in [-0.39, 0.29) is 18.7 Å². The summed E-state index contributed by atoms with van der Waals surface area (Å²) in [7, 11) is 0. The molecule has 0 saturated carbocycles. The number of fused-ring (bicyclic) bond motifs is 2. The fourth-order valence-corrected chi connectivity index (χ4v) is 7.26. The first-order valence-electron chi connectivity index (χ1n) is 19.5. The van der Waals surface area contributed by atoms with Crippen LogP contribution in [0.25, 0.3) is 21.5 Å². The van der Waals surface area contributed by atoms with E-state index >= 15 is 0 Å². The summed E-state index contributed by atoms with van der Waals surface area (Å²) in [6.07, 6.45) is 9.13. The van der Waals surface area contributed by atoms with E-state index in [9.17, 15) is 24.9 Å². The second-order valence-electron chi connectivity index (χ2n) is 14.4. The molecule has 1 saturated heterocycles. The van der Waals surface area contributed by atoms with Gasteiger partial charge in [-0.15, -0.1) is 0 Å². The zero-order valence-corrected chi connectivity index (χ0v) is 30.5. The zero-order valence-electron chi connectivity index (χ0n) is 30.5. The number of amides is 1. The van der Waals surface area contributed by atoms with Crippen LogP contribution < -0.4 is 5.32 Å². The number of rotatable bonds is 21. The third-order valence-corrected chi connectivity index (χ3v) is 10.3. The SMILES string of the molecule is O=C(CCCCCCCCc1ccc2ccccc2c1)N[C@@H]1[C@@H](OC(=O)CCCCCCCCc2ccc3ccccc3c2)[C@H](O)[C@@H](CO)O[C@H]1O. The minimum atomic E-state index is -1.53. The topological polar surface area (TPSA) is 125 Å². The molecule has 1 aliphatic rings. The van der Waals surface area contributed by atoms with Gasteiger partial charge in [0.05, 0.1) is 6.61 Å². The van der Waals surface area contributed by atoms with Gasteiger partial charge in [0.15, 0.2) is 12.4 Å². The predicted molar refractivity (Wildman–Crippen MR) is 206 cm³/mol. The van der Waals surface area contributed by atoms with E-state index < -0.39 is 43.2 Å². The molecular weight excluding hydrogens is 654 g/mol. The van der Waals surface area contributed by atoms with Gasteiger partial charge < -0.3 is 30.1 Å². The first-order chi connectivity index (χ1) is 25.4. The summed E-state index contributed by atoms with van der Waals surface area (Å²) in [5.74, 6) is -0.814. The van der Waals surface area contributed by atoms with Crippen molar-refractivity contribution in [3.05, 3.63) is 96.1 Å². The Kier molecular flexibility index (Phi) is 15.9. The van der Waals surface area contributed by atoms with Crippen molar-refractivity contribution in [3.63, 3.8) is 0 Å². The number of hydrogen-bond acceptors (Lipinski definition) is 7. The molecule has 8 nitrogen and oxygen atoms in total. The molecule has 5 rings (SSSR count). The van der Waals surface area contributed by atoms with Crippen molar-refractivity contribution in [2.24, 2.45) is 0 Å². The Labute approximate surface area is 308 Å². The summed E-state index contributed by atoms with van der Waals surface area (Å²) in [6, 6.07) is 29.0. The van der Waals surface area contributed by atoms with E-state index in [0.29, 0.717) is 12.8 Å². The number of carbonyl (C=O) groups excluding carboxylic acids is 2. The first-order valence-corrected chi connectivity index (χ1v) is 19.5. The normalized spacial score (nSPS) is 20.2. The molecule has 4 N–H and O–H groups in total. The molecule has 1 heterocycles. The van der Waals surface area contributed by atoms with Crippen LogP contribution in [-0.2, 0) is 31.9 Å². The molecule has 5 atom stereocenters. The van der Waals surface area contributed by atoms with Crippen LogP contribution in [-0.4, -0.2) is 64.4 Å². The molecule has 4 aromatic carbocycles. The van der Waals surface area contributed by atoms with E-state index in [0.717, 1.165) is 77.0 Å². The standard InChI is InChI=1S/C44H57NO7/c46-31-38-42(49)43(52-40(48)24-12-8-4-2-6-10-18-33-26-28-35-20-14-16-22-37(35)30-33)41(44(50)51-38)45-39(47)23-11-7-3-1-5-9-17-32-25-27-34-19-13-15-21-36(34)29-32/h13-16,19-22,25-30,38,41-44,46,49-50H,1-12,17-18,23-24,31H2,(H,45,47)/t38-,41-,42-,43-,44-/m1/s1. The molecule has 280 valence electrons. The number of benzene rings is 4. The Morgan fingerprint density at radius 1 is 0.615 bits per heavy atom. The molecule has 0 radical (unpaired) electrons.